The maximum Gasteiger partial charge on any atom is 0.259 e. The lowest BCUT2D eigenvalue weighted by molar-refractivity contribution is 0.0769. The summed E-state index contributed by atoms with van der Waals surface area (Å²) >= 11 is 6.21. The van der Waals surface area contributed by atoms with Crippen LogP contribution in [0, 0.1) is 18.8 Å². The van der Waals surface area contributed by atoms with E-state index in [1.165, 1.54) is 0 Å². The summed E-state index contributed by atoms with van der Waals surface area (Å²) in [6.45, 7) is 10.1. The van der Waals surface area contributed by atoms with E-state index in [1.807, 2.05) is 62.0 Å². The molecule has 1 amide bonds. The first kappa shape index (κ1) is 24.6. The van der Waals surface area contributed by atoms with E-state index in [9.17, 15) is 4.79 Å². The third-order valence-electron chi connectivity index (χ3n) is 6.82. The van der Waals surface area contributed by atoms with Crippen molar-refractivity contribution in [2.45, 2.75) is 20.3 Å². The SMILES string of the molecule is CCOc1nc(N(C)C)ccc1C(=O)N1CC2CN(CCCNc3ccc(C)c(Cl)c3)CC2C1. The topological polar surface area (TPSA) is 60.9 Å². The van der Waals surface area contributed by atoms with Crippen LogP contribution in [0.3, 0.4) is 0 Å². The summed E-state index contributed by atoms with van der Waals surface area (Å²) in [5.74, 6) is 2.33. The molecule has 0 spiro atoms. The highest BCUT2D eigenvalue weighted by Crippen LogP contribution is 2.33. The number of nitrogens with one attached hydrogen (secondary N) is 1. The van der Waals surface area contributed by atoms with E-state index in [4.69, 9.17) is 16.3 Å². The molecule has 0 bridgehead atoms. The number of nitrogens with zero attached hydrogens (tertiary/aromatic N) is 4. The van der Waals surface area contributed by atoms with Crippen LogP contribution in [0.2, 0.25) is 5.02 Å². The average molecular weight is 486 g/mol. The third-order valence-corrected chi connectivity index (χ3v) is 7.22. The molecule has 2 aromatic rings. The highest BCUT2D eigenvalue weighted by molar-refractivity contribution is 6.31. The van der Waals surface area contributed by atoms with Gasteiger partial charge in [0.25, 0.3) is 5.91 Å². The van der Waals surface area contributed by atoms with E-state index in [2.05, 4.69) is 21.3 Å². The van der Waals surface area contributed by atoms with E-state index in [0.717, 1.165) is 67.8 Å². The molecule has 2 aliphatic heterocycles. The fourth-order valence-corrected chi connectivity index (χ4v) is 5.12. The monoisotopic (exact) mass is 485 g/mol. The second-order valence-electron chi connectivity index (χ2n) is 9.58. The van der Waals surface area contributed by atoms with E-state index >= 15 is 0 Å². The number of benzene rings is 1. The summed E-state index contributed by atoms with van der Waals surface area (Å²) in [6.07, 6.45) is 1.08. The van der Waals surface area contributed by atoms with Crippen LogP contribution < -0.4 is 15.0 Å². The fourth-order valence-electron chi connectivity index (χ4n) is 4.94. The summed E-state index contributed by atoms with van der Waals surface area (Å²) < 4.78 is 5.71. The molecule has 2 atom stereocenters. The zero-order valence-electron chi connectivity index (χ0n) is 20.7. The number of hydrogen-bond acceptors (Lipinski definition) is 6. The Bertz CT molecular complexity index is 1000. The van der Waals surface area contributed by atoms with E-state index in [0.29, 0.717) is 29.9 Å². The van der Waals surface area contributed by atoms with Crippen LogP contribution in [-0.2, 0) is 0 Å². The predicted molar refractivity (Wildman–Crippen MR) is 138 cm³/mol. The van der Waals surface area contributed by atoms with Gasteiger partial charge in [0.15, 0.2) is 0 Å². The molecule has 34 heavy (non-hydrogen) atoms. The molecule has 1 aromatic heterocycles. The Kier molecular flexibility index (Phi) is 7.84. The number of likely N-dealkylation sites (tertiary alicyclic amines) is 2. The van der Waals surface area contributed by atoms with Crippen LogP contribution >= 0.6 is 11.6 Å². The Morgan fingerprint density at radius 3 is 2.56 bits per heavy atom. The van der Waals surface area contributed by atoms with Gasteiger partial charge in [-0.3, -0.25) is 4.79 Å². The smallest absolute Gasteiger partial charge is 0.259 e. The van der Waals surface area contributed by atoms with Gasteiger partial charge >= 0.3 is 0 Å². The predicted octanol–water partition coefficient (Wildman–Crippen LogP) is 4.01. The lowest BCUT2D eigenvalue weighted by Crippen LogP contribution is -2.34. The van der Waals surface area contributed by atoms with Crippen molar-refractivity contribution in [3.8, 4) is 5.88 Å². The van der Waals surface area contributed by atoms with Gasteiger partial charge in [-0.15, -0.1) is 0 Å². The van der Waals surface area contributed by atoms with Gasteiger partial charge in [-0.2, -0.15) is 4.98 Å². The van der Waals surface area contributed by atoms with Gasteiger partial charge in [0.2, 0.25) is 5.88 Å². The Morgan fingerprint density at radius 1 is 1.18 bits per heavy atom. The Balaban J connectivity index is 1.26. The number of aryl methyl sites for hydroxylation is 1. The number of halogens is 1. The Morgan fingerprint density at radius 2 is 1.91 bits per heavy atom. The van der Waals surface area contributed by atoms with Gasteiger partial charge in [-0.05, 0) is 68.5 Å². The maximum atomic E-state index is 13.3. The third kappa shape index (κ3) is 5.58. The molecule has 7 nitrogen and oxygen atoms in total. The van der Waals surface area contributed by atoms with Gasteiger partial charge in [-0.1, -0.05) is 17.7 Å². The highest BCUT2D eigenvalue weighted by Gasteiger charge is 2.42. The summed E-state index contributed by atoms with van der Waals surface area (Å²) in [5, 5.41) is 4.27. The van der Waals surface area contributed by atoms with Crippen molar-refractivity contribution in [3.63, 3.8) is 0 Å². The molecule has 0 aliphatic carbocycles. The van der Waals surface area contributed by atoms with Crippen molar-refractivity contribution in [1.82, 2.24) is 14.8 Å². The number of fused-ring (bicyclic) bond motifs is 1. The number of ether oxygens (including phenoxy) is 1. The summed E-state index contributed by atoms with van der Waals surface area (Å²) in [7, 11) is 3.86. The number of pyridine rings is 1. The highest BCUT2D eigenvalue weighted by atomic mass is 35.5. The molecular formula is C26H36ClN5O2. The van der Waals surface area contributed by atoms with Crippen LogP contribution in [0.4, 0.5) is 11.5 Å². The average Bonchev–Trinajstić information content (AvgIpc) is 3.38. The second kappa shape index (κ2) is 10.8. The van der Waals surface area contributed by atoms with Crippen molar-refractivity contribution < 1.29 is 9.53 Å². The van der Waals surface area contributed by atoms with Crippen molar-refractivity contribution >= 4 is 29.0 Å². The van der Waals surface area contributed by atoms with Crippen LogP contribution in [0.15, 0.2) is 30.3 Å². The number of rotatable bonds is 9. The fraction of sp³-hybridized carbons (Fsp3) is 0.538. The largest absolute Gasteiger partial charge is 0.477 e. The van der Waals surface area contributed by atoms with Crippen LogP contribution in [-0.4, -0.2) is 80.7 Å². The number of anilines is 2. The number of carbonyl (C=O) groups is 1. The zero-order valence-corrected chi connectivity index (χ0v) is 21.4. The van der Waals surface area contributed by atoms with Crippen molar-refractivity contribution in [2.24, 2.45) is 11.8 Å². The molecule has 2 fully saturated rings. The van der Waals surface area contributed by atoms with Gasteiger partial charge in [0, 0.05) is 57.5 Å². The molecular weight excluding hydrogens is 450 g/mol. The van der Waals surface area contributed by atoms with Gasteiger partial charge in [0.05, 0.1) is 6.61 Å². The first-order chi connectivity index (χ1) is 16.4. The number of aromatic nitrogens is 1. The minimum absolute atomic E-state index is 0.0307. The molecule has 0 saturated carbocycles. The maximum absolute atomic E-state index is 13.3. The Hall–Kier alpha value is -2.51. The zero-order chi connectivity index (χ0) is 24.2. The summed E-state index contributed by atoms with van der Waals surface area (Å²) in [5.41, 5.74) is 2.73. The number of amides is 1. The minimum atomic E-state index is 0.0307. The van der Waals surface area contributed by atoms with Crippen LogP contribution in [0.25, 0.3) is 0 Å². The quantitative estimate of drug-likeness (QED) is 0.541. The second-order valence-corrected chi connectivity index (χ2v) is 9.99. The molecule has 3 heterocycles. The molecule has 2 unspecified atom stereocenters. The molecule has 0 radical (unpaired) electrons. The van der Waals surface area contributed by atoms with Crippen molar-refractivity contribution in [1.29, 1.82) is 0 Å². The minimum Gasteiger partial charge on any atom is -0.477 e. The number of carbonyl (C=O) groups excluding carboxylic acids is 1. The summed E-state index contributed by atoms with van der Waals surface area (Å²) in [4.78, 5) is 24.3. The van der Waals surface area contributed by atoms with Crippen molar-refractivity contribution in [3.05, 3.63) is 46.5 Å². The lowest BCUT2D eigenvalue weighted by Gasteiger charge is -2.23. The molecule has 4 rings (SSSR count). The van der Waals surface area contributed by atoms with E-state index < -0.39 is 0 Å². The van der Waals surface area contributed by atoms with Gasteiger partial charge in [-0.25, -0.2) is 0 Å². The van der Waals surface area contributed by atoms with Gasteiger partial charge < -0.3 is 24.8 Å². The normalized spacial score (nSPS) is 19.9. The first-order valence-electron chi connectivity index (χ1n) is 12.2. The van der Waals surface area contributed by atoms with E-state index in [1.54, 1.807) is 0 Å². The van der Waals surface area contributed by atoms with Gasteiger partial charge in [0.1, 0.15) is 11.4 Å². The van der Waals surface area contributed by atoms with E-state index in [-0.39, 0.29) is 5.91 Å². The molecule has 8 heteroatoms. The summed E-state index contributed by atoms with van der Waals surface area (Å²) in [6, 6.07) is 9.84. The standard InChI is InChI=1S/C26H36ClN5O2/c1-5-34-25-22(9-10-24(29-25)30(3)4)26(33)32-16-19-14-31(15-20(19)17-32)12-6-11-28-21-8-7-18(2)23(27)13-21/h7-10,13,19-20,28H,5-6,11-12,14-17H2,1-4H3. The first-order valence-corrected chi connectivity index (χ1v) is 12.6. The molecule has 2 aliphatic rings. The van der Waals surface area contributed by atoms with Crippen LogP contribution in [0.1, 0.15) is 29.3 Å². The molecule has 1 N–H and O–H groups in total. The number of hydrogen-bond donors (Lipinski definition) is 1. The van der Waals surface area contributed by atoms with Crippen LogP contribution in [0.5, 0.6) is 5.88 Å². The molecule has 2 saturated heterocycles. The molecule has 1 aromatic carbocycles. The Labute approximate surface area is 208 Å². The molecule has 184 valence electrons. The lowest BCUT2D eigenvalue weighted by atomic mass is 10.0. The van der Waals surface area contributed by atoms with Crippen molar-refractivity contribution in [2.75, 3.05) is 70.2 Å².